The van der Waals surface area contributed by atoms with Gasteiger partial charge in [-0.05, 0) is 43.5 Å². The summed E-state index contributed by atoms with van der Waals surface area (Å²) in [5.41, 5.74) is 1.40. The fourth-order valence-electron chi connectivity index (χ4n) is 3.07. The lowest BCUT2D eigenvalue weighted by atomic mass is 10.1. The number of nitrogens with one attached hydrogen (secondary N) is 1. The molecule has 1 saturated heterocycles. The van der Waals surface area contributed by atoms with E-state index in [0.29, 0.717) is 18.7 Å². The van der Waals surface area contributed by atoms with Crippen LogP contribution in [0.1, 0.15) is 32.1 Å². The molecule has 1 aromatic carbocycles. The molecule has 3 rings (SSSR count). The van der Waals surface area contributed by atoms with E-state index in [2.05, 4.69) is 5.32 Å². The van der Waals surface area contributed by atoms with Gasteiger partial charge in [-0.2, -0.15) is 0 Å². The summed E-state index contributed by atoms with van der Waals surface area (Å²) in [5.74, 6) is 0.422. The van der Waals surface area contributed by atoms with Crippen LogP contribution in [0.25, 0.3) is 0 Å². The van der Waals surface area contributed by atoms with Crippen molar-refractivity contribution >= 4 is 27.3 Å². The number of sulfonamides is 1. The third kappa shape index (κ3) is 3.05. The maximum atomic E-state index is 12.0. The number of hydrogen-bond donors (Lipinski definition) is 1. The summed E-state index contributed by atoms with van der Waals surface area (Å²) >= 11 is 0. The van der Waals surface area contributed by atoms with Crippen molar-refractivity contribution in [1.82, 2.24) is 0 Å². The summed E-state index contributed by atoms with van der Waals surface area (Å²) in [7, 11) is -3.14. The molecule has 0 atom stereocenters. The first-order valence-corrected chi connectivity index (χ1v) is 9.08. The molecule has 6 heteroatoms. The van der Waals surface area contributed by atoms with E-state index in [0.717, 1.165) is 31.4 Å². The average Bonchev–Trinajstić information content (AvgIpc) is 3.09. The van der Waals surface area contributed by atoms with Crippen LogP contribution in [-0.2, 0) is 14.8 Å². The molecule has 1 aromatic rings. The molecule has 21 heavy (non-hydrogen) atoms. The molecular formula is C15H20N2O3S. The highest BCUT2D eigenvalue weighted by atomic mass is 32.2. The Bertz CT molecular complexity index is 619. The van der Waals surface area contributed by atoms with Crippen molar-refractivity contribution in [2.45, 2.75) is 32.1 Å². The summed E-state index contributed by atoms with van der Waals surface area (Å²) in [5, 5.41) is 2.92. The molecule has 1 aliphatic carbocycles. The smallest absolute Gasteiger partial charge is 0.235 e. The van der Waals surface area contributed by atoms with Gasteiger partial charge in [-0.1, -0.05) is 12.8 Å². The second-order valence-electron chi connectivity index (χ2n) is 5.76. The molecule has 2 aliphatic rings. The Labute approximate surface area is 125 Å². The molecule has 1 heterocycles. The standard InChI is InChI=1S/C15H20N2O3S/c18-15(12-4-1-2-5-12)16-13-6-8-14(9-7-13)17-10-3-11-21(17,19)20/h6-9,12H,1-5,10-11H2,(H,16,18). The van der Waals surface area contributed by atoms with Crippen molar-refractivity contribution in [1.29, 1.82) is 0 Å². The Morgan fingerprint density at radius 2 is 1.76 bits per heavy atom. The van der Waals surface area contributed by atoms with E-state index in [1.54, 1.807) is 24.3 Å². The molecule has 0 aromatic heterocycles. The number of hydrogen-bond acceptors (Lipinski definition) is 3. The maximum absolute atomic E-state index is 12.0. The van der Waals surface area contributed by atoms with E-state index in [4.69, 9.17) is 0 Å². The largest absolute Gasteiger partial charge is 0.326 e. The average molecular weight is 308 g/mol. The molecule has 0 spiro atoms. The summed E-state index contributed by atoms with van der Waals surface area (Å²) < 4.78 is 25.2. The van der Waals surface area contributed by atoms with Gasteiger partial charge in [-0.25, -0.2) is 8.42 Å². The van der Waals surface area contributed by atoms with Gasteiger partial charge in [0, 0.05) is 18.2 Å². The molecule has 0 radical (unpaired) electrons. The first kappa shape index (κ1) is 14.4. The third-order valence-electron chi connectivity index (χ3n) is 4.25. The Kier molecular flexibility index (Phi) is 3.89. The van der Waals surface area contributed by atoms with Crippen LogP contribution in [0.4, 0.5) is 11.4 Å². The topological polar surface area (TPSA) is 66.5 Å². The summed E-state index contributed by atoms with van der Waals surface area (Å²) in [4.78, 5) is 12.0. The van der Waals surface area contributed by atoms with E-state index in [-0.39, 0.29) is 17.6 Å². The minimum atomic E-state index is -3.14. The number of carbonyl (C=O) groups is 1. The normalized spacial score (nSPS) is 21.6. The molecule has 2 fully saturated rings. The van der Waals surface area contributed by atoms with Crippen molar-refractivity contribution in [3.63, 3.8) is 0 Å². The number of anilines is 2. The molecular weight excluding hydrogens is 288 g/mol. The van der Waals surface area contributed by atoms with Gasteiger partial charge in [-0.15, -0.1) is 0 Å². The predicted octanol–water partition coefficient (Wildman–Crippen LogP) is 2.36. The van der Waals surface area contributed by atoms with Crippen LogP contribution in [0.5, 0.6) is 0 Å². The van der Waals surface area contributed by atoms with Gasteiger partial charge in [-0.3, -0.25) is 9.10 Å². The monoisotopic (exact) mass is 308 g/mol. The predicted molar refractivity (Wildman–Crippen MR) is 82.8 cm³/mol. The van der Waals surface area contributed by atoms with Crippen LogP contribution in [0.3, 0.4) is 0 Å². The Balaban J connectivity index is 1.68. The lowest BCUT2D eigenvalue weighted by Crippen LogP contribution is -2.25. The van der Waals surface area contributed by atoms with Crippen LogP contribution in [0.2, 0.25) is 0 Å². The molecule has 0 unspecified atom stereocenters. The summed E-state index contributed by atoms with van der Waals surface area (Å²) in [6.45, 7) is 0.538. The van der Waals surface area contributed by atoms with Crippen molar-refractivity contribution in [3.05, 3.63) is 24.3 Å². The van der Waals surface area contributed by atoms with Crippen LogP contribution in [0.15, 0.2) is 24.3 Å². The second kappa shape index (κ2) is 5.67. The van der Waals surface area contributed by atoms with Gasteiger partial charge in [0.25, 0.3) is 0 Å². The Hall–Kier alpha value is -1.56. The van der Waals surface area contributed by atoms with Gasteiger partial charge >= 0.3 is 0 Å². The molecule has 5 nitrogen and oxygen atoms in total. The Morgan fingerprint density at radius 1 is 1.10 bits per heavy atom. The lowest BCUT2D eigenvalue weighted by Gasteiger charge is -2.17. The highest BCUT2D eigenvalue weighted by Crippen LogP contribution is 2.28. The van der Waals surface area contributed by atoms with Gasteiger partial charge in [0.2, 0.25) is 15.9 Å². The highest BCUT2D eigenvalue weighted by Gasteiger charge is 2.28. The van der Waals surface area contributed by atoms with Crippen LogP contribution in [-0.4, -0.2) is 26.6 Å². The number of benzene rings is 1. The molecule has 114 valence electrons. The van der Waals surface area contributed by atoms with E-state index in [9.17, 15) is 13.2 Å². The number of carbonyl (C=O) groups excluding carboxylic acids is 1. The SMILES string of the molecule is O=C(Nc1ccc(N2CCCS2(=O)=O)cc1)C1CCCC1. The molecule has 0 bridgehead atoms. The number of nitrogens with zero attached hydrogens (tertiary/aromatic N) is 1. The number of rotatable bonds is 3. The van der Waals surface area contributed by atoms with E-state index in [1.165, 1.54) is 4.31 Å². The zero-order valence-corrected chi connectivity index (χ0v) is 12.7. The molecule has 1 N–H and O–H groups in total. The number of amides is 1. The minimum absolute atomic E-state index is 0.0778. The molecule has 1 saturated carbocycles. The second-order valence-corrected chi connectivity index (χ2v) is 7.77. The van der Waals surface area contributed by atoms with Crippen molar-refractivity contribution in [3.8, 4) is 0 Å². The fourth-order valence-corrected chi connectivity index (χ4v) is 4.64. The van der Waals surface area contributed by atoms with Crippen LogP contribution >= 0.6 is 0 Å². The van der Waals surface area contributed by atoms with Gasteiger partial charge in [0.1, 0.15) is 0 Å². The van der Waals surface area contributed by atoms with Gasteiger partial charge in [0.05, 0.1) is 11.4 Å². The molecule has 1 amide bonds. The van der Waals surface area contributed by atoms with E-state index < -0.39 is 10.0 Å². The van der Waals surface area contributed by atoms with E-state index >= 15 is 0 Å². The third-order valence-corrected chi connectivity index (χ3v) is 6.12. The first-order valence-electron chi connectivity index (χ1n) is 7.48. The summed E-state index contributed by atoms with van der Waals surface area (Å²) in [6, 6.07) is 7.06. The Morgan fingerprint density at radius 3 is 2.33 bits per heavy atom. The van der Waals surface area contributed by atoms with Crippen molar-refractivity contribution < 1.29 is 13.2 Å². The lowest BCUT2D eigenvalue weighted by molar-refractivity contribution is -0.119. The first-order chi connectivity index (χ1) is 10.1. The zero-order valence-electron chi connectivity index (χ0n) is 11.9. The van der Waals surface area contributed by atoms with Gasteiger partial charge in [0.15, 0.2) is 0 Å². The maximum Gasteiger partial charge on any atom is 0.235 e. The van der Waals surface area contributed by atoms with Crippen molar-refractivity contribution in [2.75, 3.05) is 21.9 Å². The zero-order chi connectivity index (χ0) is 14.9. The van der Waals surface area contributed by atoms with Crippen LogP contribution < -0.4 is 9.62 Å². The van der Waals surface area contributed by atoms with Crippen LogP contribution in [0, 0.1) is 5.92 Å². The molecule has 1 aliphatic heterocycles. The summed E-state index contributed by atoms with van der Waals surface area (Å²) in [6.07, 6.45) is 4.86. The van der Waals surface area contributed by atoms with E-state index in [1.807, 2.05) is 0 Å². The minimum Gasteiger partial charge on any atom is -0.326 e. The quantitative estimate of drug-likeness (QED) is 0.932. The van der Waals surface area contributed by atoms with Crippen molar-refractivity contribution in [2.24, 2.45) is 5.92 Å². The highest BCUT2D eigenvalue weighted by molar-refractivity contribution is 7.93. The van der Waals surface area contributed by atoms with Gasteiger partial charge < -0.3 is 5.32 Å². The fraction of sp³-hybridized carbons (Fsp3) is 0.533.